The monoisotopic (exact) mass is 317 g/mol. The van der Waals surface area contributed by atoms with Gasteiger partial charge < -0.3 is 15.0 Å². The fraction of sp³-hybridized carbons (Fsp3) is 0.667. The second-order valence-corrected chi connectivity index (χ2v) is 6.59. The van der Waals surface area contributed by atoms with E-state index in [2.05, 4.69) is 21.3 Å². The van der Waals surface area contributed by atoms with E-state index in [-0.39, 0.29) is 5.91 Å². The Balaban J connectivity index is 1.44. The van der Waals surface area contributed by atoms with E-state index in [0.29, 0.717) is 13.0 Å². The summed E-state index contributed by atoms with van der Waals surface area (Å²) in [5.74, 6) is 1.92. The van der Waals surface area contributed by atoms with E-state index in [1.165, 1.54) is 25.7 Å². The van der Waals surface area contributed by atoms with Gasteiger partial charge in [-0.3, -0.25) is 4.79 Å². The molecule has 0 atom stereocenters. The zero-order valence-corrected chi connectivity index (χ0v) is 13.8. The summed E-state index contributed by atoms with van der Waals surface area (Å²) in [5.41, 5.74) is 1.11. The molecule has 1 aliphatic carbocycles. The molecule has 23 heavy (non-hydrogen) atoms. The van der Waals surface area contributed by atoms with Crippen LogP contribution in [-0.4, -0.2) is 37.2 Å². The van der Waals surface area contributed by atoms with Crippen LogP contribution in [0.1, 0.15) is 44.1 Å². The largest absolute Gasteiger partial charge is 0.378 e. The molecule has 2 fully saturated rings. The quantitative estimate of drug-likeness (QED) is 0.876. The lowest BCUT2D eigenvalue weighted by molar-refractivity contribution is -0.121. The molecule has 5 nitrogen and oxygen atoms in total. The van der Waals surface area contributed by atoms with E-state index in [4.69, 9.17) is 4.74 Å². The van der Waals surface area contributed by atoms with Crippen molar-refractivity contribution in [3.8, 4) is 0 Å². The Kier molecular flexibility index (Phi) is 5.86. The van der Waals surface area contributed by atoms with Crippen LogP contribution < -0.4 is 10.2 Å². The van der Waals surface area contributed by atoms with E-state index in [0.717, 1.165) is 50.0 Å². The summed E-state index contributed by atoms with van der Waals surface area (Å²) in [4.78, 5) is 18.7. The van der Waals surface area contributed by atoms with Crippen molar-refractivity contribution in [1.29, 1.82) is 0 Å². The molecule has 0 spiro atoms. The van der Waals surface area contributed by atoms with Crippen molar-refractivity contribution in [2.24, 2.45) is 5.92 Å². The summed E-state index contributed by atoms with van der Waals surface area (Å²) in [7, 11) is 0. The van der Waals surface area contributed by atoms with Gasteiger partial charge in [0.25, 0.3) is 0 Å². The van der Waals surface area contributed by atoms with Crippen LogP contribution in [0.25, 0.3) is 0 Å². The predicted octanol–water partition coefficient (Wildman–Crippen LogP) is 2.50. The van der Waals surface area contributed by atoms with Crippen LogP contribution in [0.4, 0.5) is 5.82 Å². The van der Waals surface area contributed by atoms with Crippen LogP contribution in [0, 0.1) is 5.92 Å². The first kappa shape index (κ1) is 16.2. The zero-order valence-electron chi connectivity index (χ0n) is 13.8. The average Bonchev–Trinajstić information content (AvgIpc) is 3.13. The molecule has 1 saturated heterocycles. The maximum Gasteiger partial charge on any atom is 0.220 e. The zero-order chi connectivity index (χ0) is 15.9. The number of carbonyl (C=O) groups excluding carboxylic acids is 1. The third-order valence-corrected chi connectivity index (χ3v) is 4.89. The second-order valence-electron chi connectivity index (χ2n) is 6.59. The third-order valence-electron chi connectivity index (χ3n) is 4.89. The molecule has 0 unspecified atom stereocenters. The standard InChI is InChI=1S/C18H27N3O2/c22-18(6-5-15-3-1-2-4-15)20-14-16-7-8-19-17(13-16)21-9-11-23-12-10-21/h7-8,13,15H,1-6,9-12,14H2,(H,20,22). The molecule has 126 valence electrons. The Morgan fingerprint density at radius 3 is 2.87 bits per heavy atom. The molecule has 0 bridgehead atoms. The second kappa shape index (κ2) is 8.29. The smallest absolute Gasteiger partial charge is 0.220 e. The van der Waals surface area contributed by atoms with Crippen molar-refractivity contribution in [3.05, 3.63) is 23.9 Å². The van der Waals surface area contributed by atoms with Gasteiger partial charge in [0.05, 0.1) is 13.2 Å². The van der Waals surface area contributed by atoms with E-state index >= 15 is 0 Å². The average molecular weight is 317 g/mol. The Labute approximate surface area is 138 Å². The minimum absolute atomic E-state index is 0.168. The molecule has 0 radical (unpaired) electrons. The molecule has 1 aliphatic heterocycles. The molecule has 2 heterocycles. The van der Waals surface area contributed by atoms with Crippen LogP contribution >= 0.6 is 0 Å². The van der Waals surface area contributed by atoms with E-state index in [9.17, 15) is 4.79 Å². The highest BCUT2D eigenvalue weighted by Crippen LogP contribution is 2.28. The minimum atomic E-state index is 0.168. The highest BCUT2D eigenvalue weighted by molar-refractivity contribution is 5.75. The highest BCUT2D eigenvalue weighted by Gasteiger charge is 2.16. The number of nitrogens with one attached hydrogen (secondary N) is 1. The number of anilines is 1. The van der Waals surface area contributed by atoms with Crippen LogP contribution in [-0.2, 0) is 16.1 Å². The molecule has 1 N–H and O–H groups in total. The Bertz CT molecular complexity index is 509. The summed E-state index contributed by atoms with van der Waals surface area (Å²) in [6.45, 7) is 3.85. The summed E-state index contributed by atoms with van der Waals surface area (Å²) >= 11 is 0. The van der Waals surface area contributed by atoms with Crippen molar-refractivity contribution < 1.29 is 9.53 Å². The Morgan fingerprint density at radius 2 is 2.09 bits per heavy atom. The van der Waals surface area contributed by atoms with Crippen molar-refractivity contribution in [1.82, 2.24) is 10.3 Å². The molecule has 1 aromatic rings. The van der Waals surface area contributed by atoms with Gasteiger partial charge in [0.1, 0.15) is 5.82 Å². The Morgan fingerprint density at radius 1 is 1.30 bits per heavy atom. The molecular weight excluding hydrogens is 290 g/mol. The number of aromatic nitrogens is 1. The summed E-state index contributed by atoms with van der Waals surface area (Å²) in [6.07, 6.45) is 8.82. The lowest BCUT2D eigenvalue weighted by Crippen LogP contribution is -2.36. The topological polar surface area (TPSA) is 54.5 Å². The number of hydrogen-bond acceptors (Lipinski definition) is 4. The lowest BCUT2D eigenvalue weighted by atomic mass is 10.0. The molecular formula is C18H27N3O2. The van der Waals surface area contributed by atoms with Crippen LogP contribution in [0.3, 0.4) is 0 Å². The molecule has 1 amide bonds. The number of carbonyl (C=O) groups is 1. The molecule has 2 aliphatic rings. The van der Waals surface area contributed by atoms with Crippen LogP contribution in [0.15, 0.2) is 18.3 Å². The number of amides is 1. The first-order chi connectivity index (χ1) is 11.3. The number of hydrogen-bond donors (Lipinski definition) is 1. The third kappa shape index (κ3) is 4.93. The highest BCUT2D eigenvalue weighted by atomic mass is 16.5. The summed E-state index contributed by atoms with van der Waals surface area (Å²) < 4.78 is 5.37. The van der Waals surface area contributed by atoms with Crippen LogP contribution in [0.2, 0.25) is 0 Å². The number of pyridine rings is 1. The number of ether oxygens (including phenoxy) is 1. The van der Waals surface area contributed by atoms with E-state index < -0.39 is 0 Å². The molecule has 0 aromatic carbocycles. The van der Waals surface area contributed by atoms with Crippen LogP contribution in [0.5, 0.6) is 0 Å². The Hall–Kier alpha value is -1.62. The molecule has 5 heteroatoms. The van der Waals surface area contributed by atoms with Gasteiger partial charge in [-0.25, -0.2) is 4.98 Å². The van der Waals surface area contributed by atoms with Gasteiger partial charge in [-0.2, -0.15) is 0 Å². The van der Waals surface area contributed by atoms with Crippen molar-refractivity contribution >= 4 is 11.7 Å². The van der Waals surface area contributed by atoms with Gasteiger partial charge in [-0.1, -0.05) is 25.7 Å². The van der Waals surface area contributed by atoms with Gasteiger partial charge in [0.15, 0.2) is 0 Å². The minimum Gasteiger partial charge on any atom is -0.378 e. The number of rotatable bonds is 6. The predicted molar refractivity (Wildman–Crippen MR) is 90.3 cm³/mol. The first-order valence-electron chi connectivity index (χ1n) is 8.85. The van der Waals surface area contributed by atoms with Gasteiger partial charge in [0.2, 0.25) is 5.91 Å². The van der Waals surface area contributed by atoms with Crippen molar-refractivity contribution in [3.63, 3.8) is 0 Å². The number of nitrogens with zero attached hydrogens (tertiary/aromatic N) is 2. The van der Waals surface area contributed by atoms with Crippen molar-refractivity contribution in [2.45, 2.75) is 45.1 Å². The van der Waals surface area contributed by atoms with E-state index in [1.807, 2.05) is 12.3 Å². The van der Waals surface area contributed by atoms with Crippen molar-refractivity contribution in [2.75, 3.05) is 31.2 Å². The van der Waals surface area contributed by atoms with Gasteiger partial charge in [-0.15, -0.1) is 0 Å². The number of morpholine rings is 1. The summed E-state index contributed by atoms with van der Waals surface area (Å²) in [5, 5.41) is 3.04. The SMILES string of the molecule is O=C(CCC1CCCC1)NCc1ccnc(N2CCOCC2)c1. The maximum absolute atomic E-state index is 12.0. The van der Waals surface area contributed by atoms with Gasteiger partial charge >= 0.3 is 0 Å². The normalized spacial score (nSPS) is 19.0. The molecule has 3 rings (SSSR count). The summed E-state index contributed by atoms with van der Waals surface area (Å²) in [6, 6.07) is 4.05. The first-order valence-corrected chi connectivity index (χ1v) is 8.85. The molecule has 1 aromatic heterocycles. The fourth-order valence-electron chi connectivity index (χ4n) is 3.46. The maximum atomic E-state index is 12.0. The fourth-order valence-corrected chi connectivity index (χ4v) is 3.46. The van der Waals surface area contributed by atoms with E-state index in [1.54, 1.807) is 0 Å². The van der Waals surface area contributed by atoms with Gasteiger partial charge in [-0.05, 0) is 30.0 Å². The van der Waals surface area contributed by atoms with Gasteiger partial charge in [0, 0.05) is 32.3 Å². The lowest BCUT2D eigenvalue weighted by Gasteiger charge is -2.28. The molecule has 1 saturated carbocycles.